The summed E-state index contributed by atoms with van der Waals surface area (Å²) in [6.45, 7) is 1.45. The number of fused-ring (bicyclic) bond motifs is 2. The highest BCUT2D eigenvalue weighted by molar-refractivity contribution is 6.30. The molecule has 32 heavy (non-hydrogen) atoms. The van der Waals surface area contributed by atoms with Crippen molar-refractivity contribution in [2.24, 2.45) is 0 Å². The molecule has 1 aromatic heterocycles. The Balaban J connectivity index is 1.22. The number of likely N-dealkylation sites (tertiary alicyclic amines) is 1. The Morgan fingerprint density at radius 2 is 1.88 bits per heavy atom. The standard InChI is InChI=1S/C24H24ClN3O4/c25-17-5-3-16(4-6-17)24(31)9-12-27(13-10-24)22(29)15-32-18-7-8-20-19(14-18)23(30)28-11-1-2-21(28)26-20/h3-8,14,31H,1-2,9-13,15H2. The molecule has 1 N–H and O–H groups in total. The summed E-state index contributed by atoms with van der Waals surface area (Å²) in [5.74, 6) is 1.15. The van der Waals surface area contributed by atoms with Crippen LogP contribution in [0.1, 0.15) is 30.7 Å². The van der Waals surface area contributed by atoms with Crippen LogP contribution in [-0.2, 0) is 23.4 Å². The quantitative estimate of drug-likeness (QED) is 0.656. The number of rotatable bonds is 4. The van der Waals surface area contributed by atoms with Gasteiger partial charge in [-0.25, -0.2) is 4.98 Å². The highest BCUT2D eigenvalue weighted by Gasteiger charge is 2.35. The van der Waals surface area contributed by atoms with E-state index in [2.05, 4.69) is 4.98 Å². The summed E-state index contributed by atoms with van der Waals surface area (Å²) in [5, 5.41) is 12.1. The molecule has 0 radical (unpaired) electrons. The number of benzene rings is 2. The maximum Gasteiger partial charge on any atom is 0.261 e. The molecule has 166 valence electrons. The van der Waals surface area contributed by atoms with E-state index in [9.17, 15) is 14.7 Å². The number of nitrogens with zero attached hydrogens (tertiary/aromatic N) is 3. The van der Waals surface area contributed by atoms with Gasteiger partial charge in [-0.2, -0.15) is 0 Å². The lowest BCUT2D eigenvalue weighted by Crippen LogP contribution is -2.46. The van der Waals surface area contributed by atoms with Gasteiger partial charge in [-0.05, 0) is 55.2 Å². The molecule has 0 saturated carbocycles. The zero-order valence-corrected chi connectivity index (χ0v) is 18.3. The molecule has 2 aromatic carbocycles. The lowest BCUT2D eigenvalue weighted by atomic mass is 9.84. The highest BCUT2D eigenvalue weighted by atomic mass is 35.5. The van der Waals surface area contributed by atoms with Gasteiger partial charge in [0.05, 0.1) is 16.5 Å². The van der Waals surface area contributed by atoms with E-state index >= 15 is 0 Å². The normalized spacial score (nSPS) is 17.4. The molecule has 0 atom stereocenters. The van der Waals surface area contributed by atoms with E-state index in [1.807, 2.05) is 12.1 Å². The zero-order valence-electron chi connectivity index (χ0n) is 17.6. The van der Waals surface area contributed by atoms with Crippen molar-refractivity contribution in [2.75, 3.05) is 19.7 Å². The first kappa shape index (κ1) is 21.0. The van der Waals surface area contributed by atoms with Crippen LogP contribution in [0.25, 0.3) is 10.9 Å². The molecule has 7 nitrogen and oxygen atoms in total. The van der Waals surface area contributed by atoms with Gasteiger partial charge in [-0.3, -0.25) is 14.2 Å². The molecule has 0 aliphatic carbocycles. The first-order valence-corrected chi connectivity index (χ1v) is 11.2. The number of aryl methyl sites for hydroxylation is 1. The Labute approximate surface area is 190 Å². The molecule has 1 amide bonds. The second kappa shape index (κ2) is 8.22. The topological polar surface area (TPSA) is 84.7 Å². The summed E-state index contributed by atoms with van der Waals surface area (Å²) in [6, 6.07) is 12.4. The van der Waals surface area contributed by atoms with Gasteiger partial charge in [-0.15, -0.1) is 0 Å². The van der Waals surface area contributed by atoms with Crippen molar-refractivity contribution < 1.29 is 14.6 Å². The van der Waals surface area contributed by atoms with Crippen LogP contribution in [0.3, 0.4) is 0 Å². The van der Waals surface area contributed by atoms with Crippen LogP contribution < -0.4 is 10.3 Å². The summed E-state index contributed by atoms with van der Waals surface area (Å²) in [4.78, 5) is 31.7. The van der Waals surface area contributed by atoms with E-state index in [1.165, 1.54) is 0 Å². The summed E-state index contributed by atoms with van der Waals surface area (Å²) in [5.41, 5.74) is 0.444. The van der Waals surface area contributed by atoms with Gasteiger partial charge in [0.1, 0.15) is 11.6 Å². The molecular formula is C24H24ClN3O4. The predicted octanol–water partition coefficient (Wildman–Crippen LogP) is 2.89. The highest BCUT2D eigenvalue weighted by Crippen LogP contribution is 2.33. The van der Waals surface area contributed by atoms with E-state index in [0.717, 1.165) is 24.2 Å². The minimum absolute atomic E-state index is 0.0585. The summed E-state index contributed by atoms with van der Waals surface area (Å²) in [6.07, 6.45) is 2.65. The molecule has 3 aromatic rings. The van der Waals surface area contributed by atoms with Crippen molar-refractivity contribution in [2.45, 2.75) is 37.8 Å². The lowest BCUT2D eigenvalue weighted by Gasteiger charge is -2.38. The van der Waals surface area contributed by atoms with Crippen molar-refractivity contribution in [3.63, 3.8) is 0 Å². The Morgan fingerprint density at radius 1 is 1.12 bits per heavy atom. The fourth-order valence-corrected chi connectivity index (χ4v) is 4.69. The molecule has 0 unspecified atom stereocenters. The first-order valence-electron chi connectivity index (χ1n) is 10.9. The van der Waals surface area contributed by atoms with Crippen LogP contribution >= 0.6 is 11.6 Å². The molecular weight excluding hydrogens is 430 g/mol. The van der Waals surface area contributed by atoms with Crippen LogP contribution in [0, 0.1) is 0 Å². The van der Waals surface area contributed by atoms with E-state index in [4.69, 9.17) is 16.3 Å². The first-order chi connectivity index (χ1) is 15.4. The molecule has 5 rings (SSSR count). The largest absolute Gasteiger partial charge is 0.484 e. The van der Waals surface area contributed by atoms with Crippen LogP contribution in [0.5, 0.6) is 5.75 Å². The molecule has 3 heterocycles. The van der Waals surface area contributed by atoms with Crippen LogP contribution in [0.4, 0.5) is 0 Å². The van der Waals surface area contributed by atoms with Gasteiger partial charge in [0, 0.05) is 31.1 Å². The number of amides is 1. The SMILES string of the molecule is O=C(COc1ccc2nc3n(c(=O)c2c1)CCC3)N1CCC(O)(c2ccc(Cl)cc2)CC1. The molecule has 1 saturated heterocycles. The summed E-state index contributed by atoms with van der Waals surface area (Å²) in [7, 11) is 0. The summed E-state index contributed by atoms with van der Waals surface area (Å²) < 4.78 is 7.42. The van der Waals surface area contributed by atoms with E-state index in [1.54, 1.807) is 39.8 Å². The average Bonchev–Trinajstić information content (AvgIpc) is 3.27. The van der Waals surface area contributed by atoms with Gasteiger partial charge in [0.2, 0.25) is 0 Å². The number of hydrogen-bond acceptors (Lipinski definition) is 5. The molecule has 0 spiro atoms. The maximum absolute atomic E-state index is 12.7. The number of carbonyl (C=O) groups is 1. The molecule has 2 aliphatic rings. The third-order valence-electron chi connectivity index (χ3n) is 6.47. The van der Waals surface area contributed by atoms with Crippen molar-refractivity contribution >= 4 is 28.4 Å². The van der Waals surface area contributed by atoms with Crippen LogP contribution in [-0.4, -0.2) is 45.2 Å². The number of aliphatic hydroxyl groups is 1. The van der Waals surface area contributed by atoms with E-state index in [0.29, 0.717) is 54.2 Å². The second-order valence-corrected chi connectivity index (χ2v) is 8.91. The number of halogens is 1. The van der Waals surface area contributed by atoms with Crippen molar-refractivity contribution in [3.8, 4) is 5.75 Å². The van der Waals surface area contributed by atoms with Crippen molar-refractivity contribution in [3.05, 3.63) is 69.2 Å². The Morgan fingerprint density at radius 3 is 2.62 bits per heavy atom. The number of piperidine rings is 1. The molecule has 1 fully saturated rings. The summed E-state index contributed by atoms with van der Waals surface area (Å²) >= 11 is 5.94. The van der Waals surface area contributed by atoms with E-state index < -0.39 is 5.60 Å². The molecule has 0 bridgehead atoms. The lowest BCUT2D eigenvalue weighted by molar-refractivity contribution is -0.137. The van der Waals surface area contributed by atoms with Crippen LogP contribution in [0.15, 0.2) is 47.3 Å². The van der Waals surface area contributed by atoms with Gasteiger partial charge in [0.15, 0.2) is 6.61 Å². The van der Waals surface area contributed by atoms with Crippen LogP contribution in [0.2, 0.25) is 5.02 Å². The smallest absolute Gasteiger partial charge is 0.261 e. The monoisotopic (exact) mass is 453 g/mol. The van der Waals surface area contributed by atoms with Crippen molar-refractivity contribution in [1.29, 1.82) is 0 Å². The Kier molecular flexibility index (Phi) is 5.39. The average molecular weight is 454 g/mol. The Bertz CT molecular complexity index is 1230. The minimum atomic E-state index is -0.962. The minimum Gasteiger partial charge on any atom is -0.484 e. The molecule has 8 heteroatoms. The fourth-order valence-electron chi connectivity index (χ4n) is 4.56. The van der Waals surface area contributed by atoms with E-state index in [-0.39, 0.29) is 18.1 Å². The number of ether oxygens (including phenoxy) is 1. The predicted molar refractivity (Wildman–Crippen MR) is 121 cm³/mol. The number of aromatic nitrogens is 2. The number of carbonyl (C=O) groups excluding carboxylic acids is 1. The zero-order chi connectivity index (χ0) is 22.3. The van der Waals surface area contributed by atoms with Gasteiger partial charge in [0.25, 0.3) is 11.5 Å². The van der Waals surface area contributed by atoms with Gasteiger partial charge >= 0.3 is 0 Å². The third kappa shape index (κ3) is 3.87. The van der Waals surface area contributed by atoms with Crippen molar-refractivity contribution in [1.82, 2.24) is 14.5 Å². The third-order valence-corrected chi connectivity index (χ3v) is 6.73. The fraction of sp³-hybridized carbons (Fsp3) is 0.375. The number of hydrogen-bond donors (Lipinski definition) is 1. The maximum atomic E-state index is 12.7. The van der Waals surface area contributed by atoms with Gasteiger partial charge < -0.3 is 14.7 Å². The van der Waals surface area contributed by atoms with Gasteiger partial charge in [-0.1, -0.05) is 23.7 Å². The molecule has 2 aliphatic heterocycles. The Hall–Kier alpha value is -2.90. The second-order valence-electron chi connectivity index (χ2n) is 8.48.